The molecule has 1 aliphatic carbocycles. The maximum absolute atomic E-state index is 12.7. The minimum absolute atomic E-state index is 0.102. The molecule has 3 heterocycles. The zero-order valence-electron chi connectivity index (χ0n) is 16.4. The minimum Gasteiger partial charge on any atom is -0.356 e. The molecule has 3 aromatic rings. The Bertz CT molecular complexity index is 893. The van der Waals surface area contributed by atoms with Gasteiger partial charge in [0.05, 0.1) is 0 Å². The van der Waals surface area contributed by atoms with Crippen molar-refractivity contribution < 1.29 is 4.79 Å². The molecule has 0 aromatic carbocycles. The predicted molar refractivity (Wildman–Crippen MR) is 109 cm³/mol. The van der Waals surface area contributed by atoms with E-state index in [9.17, 15) is 4.79 Å². The first-order valence-corrected chi connectivity index (χ1v) is 10.4. The van der Waals surface area contributed by atoms with Crippen LogP contribution in [0.3, 0.4) is 0 Å². The first kappa shape index (κ1) is 18.7. The summed E-state index contributed by atoms with van der Waals surface area (Å²) < 4.78 is 4.24. The Hall–Kier alpha value is -2.63. The number of nitrogens with zero attached hydrogens (tertiary/aromatic N) is 4. The number of rotatable bonds is 8. The summed E-state index contributed by atoms with van der Waals surface area (Å²) in [7, 11) is 0. The molecule has 1 N–H and O–H groups in total. The summed E-state index contributed by atoms with van der Waals surface area (Å²) in [6, 6.07) is 10.0. The van der Waals surface area contributed by atoms with E-state index in [1.54, 1.807) is 0 Å². The summed E-state index contributed by atoms with van der Waals surface area (Å²) in [5.41, 5.74) is 0.968. The van der Waals surface area contributed by atoms with E-state index in [0.717, 1.165) is 43.7 Å². The van der Waals surface area contributed by atoms with E-state index < -0.39 is 0 Å². The van der Waals surface area contributed by atoms with Crippen LogP contribution in [0.1, 0.15) is 50.8 Å². The summed E-state index contributed by atoms with van der Waals surface area (Å²) in [6.45, 7) is 1.62. The van der Waals surface area contributed by atoms with E-state index in [1.165, 1.54) is 19.3 Å². The standard InChI is InChI=1S/C22H29N5O/c28-21(17-22(11-3-1-4-12-22)18-26-14-6-7-15-26)23-13-8-10-20-25-24-19-9-2-5-16-27(19)20/h2,5-7,9,14-16H,1,3-4,8,10-13,17-18H2,(H,23,28). The molecule has 6 heteroatoms. The second-order valence-electron chi connectivity index (χ2n) is 8.09. The van der Waals surface area contributed by atoms with Gasteiger partial charge in [0.15, 0.2) is 5.65 Å². The molecular weight excluding hydrogens is 350 g/mol. The molecule has 1 amide bonds. The predicted octanol–water partition coefficient (Wildman–Crippen LogP) is 3.62. The summed E-state index contributed by atoms with van der Waals surface area (Å²) >= 11 is 0. The number of pyridine rings is 1. The number of nitrogens with one attached hydrogen (secondary N) is 1. The van der Waals surface area contributed by atoms with Crippen molar-refractivity contribution in [1.82, 2.24) is 24.5 Å². The fraction of sp³-hybridized carbons (Fsp3) is 0.500. The van der Waals surface area contributed by atoms with Crippen LogP contribution < -0.4 is 5.32 Å². The minimum atomic E-state index is 0.102. The normalized spacial score (nSPS) is 16.3. The SMILES string of the molecule is O=C(CC1(Cn2cccc2)CCCCC1)NCCCc1nnc2ccccn12. The molecule has 0 spiro atoms. The summed E-state index contributed by atoms with van der Waals surface area (Å²) in [5, 5.41) is 11.6. The lowest BCUT2D eigenvalue weighted by Crippen LogP contribution is -2.36. The monoisotopic (exact) mass is 379 g/mol. The molecule has 1 saturated carbocycles. The quantitative estimate of drug-likeness (QED) is 0.608. The van der Waals surface area contributed by atoms with Gasteiger partial charge in [-0.15, -0.1) is 10.2 Å². The number of fused-ring (bicyclic) bond motifs is 1. The molecule has 28 heavy (non-hydrogen) atoms. The third-order valence-corrected chi connectivity index (χ3v) is 5.92. The van der Waals surface area contributed by atoms with Gasteiger partial charge >= 0.3 is 0 Å². The van der Waals surface area contributed by atoms with Crippen LogP contribution in [0.25, 0.3) is 5.65 Å². The van der Waals surface area contributed by atoms with Gasteiger partial charge in [-0.3, -0.25) is 9.20 Å². The molecule has 0 saturated heterocycles. The van der Waals surface area contributed by atoms with Crippen LogP contribution in [0.2, 0.25) is 0 Å². The van der Waals surface area contributed by atoms with Crippen molar-refractivity contribution in [2.24, 2.45) is 5.41 Å². The molecule has 1 aliphatic rings. The first-order valence-electron chi connectivity index (χ1n) is 10.4. The van der Waals surface area contributed by atoms with Crippen molar-refractivity contribution in [2.75, 3.05) is 6.54 Å². The molecule has 1 fully saturated rings. The van der Waals surface area contributed by atoms with Crippen LogP contribution in [-0.2, 0) is 17.8 Å². The van der Waals surface area contributed by atoms with Gasteiger partial charge in [-0.25, -0.2) is 0 Å². The van der Waals surface area contributed by atoms with E-state index >= 15 is 0 Å². The van der Waals surface area contributed by atoms with Crippen molar-refractivity contribution in [2.45, 2.75) is 57.9 Å². The van der Waals surface area contributed by atoms with Crippen molar-refractivity contribution in [3.05, 3.63) is 54.7 Å². The number of hydrogen-bond donors (Lipinski definition) is 1. The van der Waals surface area contributed by atoms with Gasteiger partial charge in [-0.05, 0) is 48.9 Å². The van der Waals surface area contributed by atoms with Crippen LogP contribution in [0, 0.1) is 5.41 Å². The Labute approximate surface area is 166 Å². The van der Waals surface area contributed by atoms with Gasteiger partial charge in [0.1, 0.15) is 5.82 Å². The first-order chi connectivity index (χ1) is 13.7. The number of amides is 1. The second kappa shape index (κ2) is 8.59. The molecule has 0 aliphatic heterocycles. The van der Waals surface area contributed by atoms with Crippen molar-refractivity contribution in [3.63, 3.8) is 0 Å². The Morgan fingerprint density at radius 1 is 1.04 bits per heavy atom. The molecule has 0 radical (unpaired) electrons. The van der Waals surface area contributed by atoms with Crippen LogP contribution in [-0.4, -0.2) is 31.6 Å². The molecule has 4 rings (SSSR count). The number of carbonyl (C=O) groups is 1. The lowest BCUT2D eigenvalue weighted by Gasteiger charge is -2.37. The molecule has 3 aromatic heterocycles. The largest absolute Gasteiger partial charge is 0.356 e. The number of aryl methyl sites for hydroxylation is 1. The van der Waals surface area contributed by atoms with Gasteiger partial charge in [-0.1, -0.05) is 25.3 Å². The summed E-state index contributed by atoms with van der Waals surface area (Å²) in [6.07, 6.45) is 14.5. The molecule has 0 bridgehead atoms. The maximum Gasteiger partial charge on any atom is 0.220 e. The fourth-order valence-corrected chi connectivity index (χ4v) is 4.49. The maximum atomic E-state index is 12.7. The van der Waals surface area contributed by atoms with Crippen molar-refractivity contribution in [1.29, 1.82) is 0 Å². The number of hydrogen-bond acceptors (Lipinski definition) is 3. The van der Waals surface area contributed by atoms with Gasteiger partial charge in [-0.2, -0.15) is 0 Å². The number of aromatic nitrogens is 4. The van der Waals surface area contributed by atoms with Crippen molar-refractivity contribution in [3.8, 4) is 0 Å². The Kier molecular flexibility index (Phi) is 5.74. The molecule has 0 unspecified atom stereocenters. The summed E-state index contributed by atoms with van der Waals surface area (Å²) in [5.74, 6) is 1.13. The lowest BCUT2D eigenvalue weighted by atomic mass is 9.71. The van der Waals surface area contributed by atoms with Crippen LogP contribution in [0.15, 0.2) is 48.9 Å². The van der Waals surface area contributed by atoms with Crippen LogP contribution in [0.5, 0.6) is 0 Å². The third-order valence-electron chi connectivity index (χ3n) is 5.92. The molecule has 148 valence electrons. The highest BCUT2D eigenvalue weighted by Gasteiger charge is 2.34. The van der Waals surface area contributed by atoms with Gasteiger partial charge < -0.3 is 9.88 Å². The Morgan fingerprint density at radius 3 is 2.64 bits per heavy atom. The number of carbonyl (C=O) groups excluding carboxylic acids is 1. The van der Waals surface area contributed by atoms with E-state index in [4.69, 9.17) is 0 Å². The van der Waals surface area contributed by atoms with Crippen LogP contribution >= 0.6 is 0 Å². The van der Waals surface area contributed by atoms with E-state index in [1.807, 2.05) is 28.8 Å². The highest BCUT2D eigenvalue weighted by molar-refractivity contribution is 5.76. The molecular formula is C22H29N5O. The van der Waals surface area contributed by atoms with E-state index in [-0.39, 0.29) is 11.3 Å². The van der Waals surface area contributed by atoms with Crippen molar-refractivity contribution >= 4 is 11.6 Å². The van der Waals surface area contributed by atoms with E-state index in [2.05, 4.69) is 44.6 Å². The van der Waals surface area contributed by atoms with Gasteiger partial charge in [0.25, 0.3) is 0 Å². The average Bonchev–Trinajstić information content (AvgIpc) is 3.36. The zero-order chi connectivity index (χ0) is 19.2. The molecule has 0 atom stereocenters. The highest BCUT2D eigenvalue weighted by atomic mass is 16.1. The smallest absolute Gasteiger partial charge is 0.220 e. The van der Waals surface area contributed by atoms with Crippen LogP contribution in [0.4, 0.5) is 0 Å². The summed E-state index contributed by atoms with van der Waals surface area (Å²) in [4.78, 5) is 12.7. The Morgan fingerprint density at radius 2 is 1.82 bits per heavy atom. The lowest BCUT2D eigenvalue weighted by molar-refractivity contribution is -0.124. The second-order valence-corrected chi connectivity index (χ2v) is 8.09. The van der Waals surface area contributed by atoms with Gasteiger partial charge in [0, 0.05) is 44.5 Å². The van der Waals surface area contributed by atoms with E-state index in [0.29, 0.717) is 13.0 Å². The Balaban J connectivity index is 1.28. The average molecular weight is 380 g/mol. The van der Waals surface area contributed by atoms with Gasteiger partial charge in [0.2, 0.25) is 5.91 Å². The molecule has 6 nitrogen and oxygen atoms in total. The highest BCUT2D eigenvalue weighted by Crippen LogP contribution is 2.40. The third kappa shape index (κ3) is 4.43. The topological polar surface area (TPSA) is 64.2 Å². The zero-order valence-corrected chi connectivity index (χ0v) is 16.4. The fourth-order valence-electron chi connectivity index (χ4n) is 4.49.